The molecule has 3 aromatic rings. The molecular weight excluding hydrogens is 430 g/mol. The average Bonchev–Trinajstić information content (AvgIpc) is 3.03. The Balaban J connectivity index is 0.000000349. The number of likely N-dealkylation sites (N-methyl/N-ethyl adjacent to an activating group) is 1. The molecule has 13 heteroatoms. The maximum absolute atomic E-state index is 8.74. The number of hydrogen-bond acceptors (Lipinski definition) is 8. The van der Waals surface area contributed by atoms with E-state index in [-0.39, 0.29) is 0 Å². The van der Waals surface area contributed by atoms with Crippen LogP contribution in [0.4, 0.5) is 5.82 Å². The summed E-state index contributed by atoms with van der Waals surface area (Å²) < 4.78 is 34.4. The van der Waals surface area contributed by atoms with Gasteiger partial charge in [0.25, 0.3) is 0 Å². The molecule has 1 saturated heterocycles. The van der Waals surface area contributed by atoms with Crippen molar-refractivity contribution in [3.63, 3.8) is 0 Å². The molecule has 0 bridgehead atoms. The molecule has 4 heterocycles. The van der Waals surface area contributed by atoms with Crippen LogP contribution in [0.1, 0.15) is 6.92 Å². The third kappa shape index (κ3) is 3.76. The quantitative estimate of drug-likeness (QED) is 0.478. The first-order valence-electron chi connectivity index (χ1n) is 7.48. The highest BCUT2D eigenvalue weighted by Gasteiger charge is 2.36. The van der Waals surface area contributed by atoms with Crippen molar-refractivity contribution >= 4 is 49.0 Å². The van der Waals surface area contributed by atoms with Gasteiger partial charge in [-0.2, -0.15) is 8.42 Å². The molecule has 3 N–H and O–H groups in total. The van der Waals surface area contributed by atoms with Crippen molar-refractivity contribution in [2.24, 2.45) is 0 Å². The second-order valence-electron chi connectivity index (χ2n) is 5.69. The van der Waals surface area contributed by atoms with E-state index in [0.717, 1.165) is 28.0 Å². The monoisotopic (exact) mass is 445 g/mol. The van der Waals surface area contributed by atoms with E-state index in [9.17, 15) is 0 Å². The van der Waals surface area contributed by atoms with Gasteiger partial charge in [-0.25, -0.2) is 9.97 Å². The molecule has 4 rings (SSSR count). The Morgan fingerprint density at radius 1 is 1.38 bits per heavy atom. The maximum Gasteiger partial charge on any atom is 0.394 e. The van der Waals surface area contributed by atoms with Gasteiger partial charge in [-0.15, -0.1) is 10.2 Å². The first kappa shape index (κ1) is 18.8. The van der Waals surface area contributed by atoms with Gasteiger partial charge >= 0.3 is 10.4 Å². The number of fused-ring (bicyclic) bond motifs is 3. The number of rotatable bonds is 2. The predicted molar refractivity (Wildman–Crippen MR) is 97.6 cm³/mol. The van der Waals surface area contributed by atoms with Gasteiger partial charge in [0.1, 0.15) is 6.33 Å². The Labute approximate surface area is 157 Å². The van der Waals surface area contributed by atoms with Crippen molar-refractivity contribution in [1.29, 1.82) is 0 Å². The summed E-state index contributed by atoms with van der Waals surface area (Å²) in [4.78, 5) is 11.3. The van der Waals surface area contributed by atoms with Gasteiger partial charge in [0.2, 0.25) is 5.65 Å². The number of halogens is 1. The van der Waals surface area contributed by atoms with Crippen LogP contribution in [0.2, 0.25) is 0 Å². The fourth-order valence-corrected chi connectivity index (χ4v) is 3.13. The molecule has 0 aliphatic carbocycles. The van der Waals surface area contributed by atoms with Gasteiger partial charge in [0.15, 0.2) is 11.5 Å². The summed E-state index contributed by atoms with van der Waals surface area (Å²) in [6.07, 6.45) is 3.46. The van der Waals surface area contributed by atoms with E-state index in [1.807, 2.05) is 17.5 Å². The van der Waals surface area contributed by atoms with Crippen molar-refractivity contribution in [1.82, 2.24) is 29.9 Å². The van der Waals surface area contributed by atoms with Gasteiger partial charge in [-0.1, -0.05) is 0 Å². The van der Waals surface area contributed by atoms with Crippen LogP contribution in [-0.2, 0) is 10.4 Å². The highest BCUT2D eigenvalue weighted by molar-refractivity contribution is 9.10. The summed E-state index contributed by atoms with van der Waals surface area (Å²) in [5, 5.41) is 11.6. The molecule has 0 aromatic carbocycles. The van der Waals surface area contributed by atoms with Crippen molar-refractivity contribution in [3.8, 4) is 0 Å². The zero-order valence-corrected chi connectivity index (χ0v) is 16.2. The molecule has 0 saturated carbocycles. The Hall–Kier alpha value is -1.93. The summed E-state index contributed by atoms with van der Waals surface area (Å²) in [6.45, 7) is 3.09. The molecule has 26 heavy (non-hydrogen) atoms. The summed E-state index contributed by atoms with van der Waals surface area (Å²) in [6, 6.07) is 2.82. The number of nitrogens with one attached hydrogen (secondary N) is 1. The number of hydrogen-bond donors (Lipinski definition) is 3. The van der Waals surface area contributed by atoms with E-state index >= 15 is 0 Å². The highest BCUT2D eigenvalue weighted by Crippen LogP contribution is 2.30. The summed E-state index contributed by atoms with van der Waals surface area (Å²) in [5.41, 5.74) is 2.36. The minimum Gasteiger partial charge on any atom is -0.347 e. The zero-order valence-electron chi connectivity index (χ0n) is 13.8. The first-order valence-corrected chi connectivity index (χ1v) is 9.67. The fourth-order valence-electron chi connectivity index (χ4n) is 2.81. The maximum atomic E-state index is 8.74. The normalized spacial score (nSPS) is 20.0. The molecular formula is C13H16BrN7O4S. The van der Waals surface area contributed by atoms with Crippen LogP contribution in [-0.4, -0.2) is 67.8 Å². The molecule has 0 spiro atoms. The second-order valence-corrected chi connectivity index (χ2v) is 7.50. The van der Waals surface area contributed by atoms with Gasteiger partial charge in [-0.3, -0.25) is 13.5 Å². The molecule has 1 fully saturated rings. The van der Waals surface area contributed by atoms with Gasteiger partial charge < -0.3 is 10.2 Å². The summed E-state index contributed by atoms with van der Waals surface area (Å²) in [5.74, 6) is 0.842. The molecule has 1 aliphatic heterocycles. The summed E-state index contributed by atoms with van der Waals surface area (Å²) >= 11 is 3.44. The van der Waals surface area contributed by atoms with E-state index in [0.29, 0.717) is 17.7 Å². The van der Waals surface area contributed by atoms with E-state index in [1.165, 1.54) is 0 Å². The molecule has 2 unspecified atom stereocenters. The molecule has 1 aliphatic rings. The van der Waals surface area contributed by atoms with Crippen LogP contribution in [0.5, 0.6) is 0 Å². The Kier molecular flexibility index (Phi) is 5.07. The summed E-state index contributed by atoms with van der Waals surface area (Å²) in [7, 11) is -2.68. The largest absolute Gasteiger partial charge is 0.394 e. The van der Waals surface area contributed by atoms with Crippen LogP contribution >= 0.6 is 15.9 Å². The minimum atomic E-state index is -4.67. The molecule has 140 valence electrons. The number of anilines is 1. The molecule has 2 atom stereocenters. The topological polar surface area (TPSA) is 146 Å². The van der Waals surface area contributed by atoms with Crippen molar-refractivity contribution < 1.29 is 17.5 Å². The molecule has 0 amide bonds. The highest BCUT2D eigenvalue weighted by atomic mass is 79.9. The standard InChI is InChI=1S/C13H14BrN7.H2O4S/c1-7-9(15-2)5-20(7)12-13-19-17-6-21(13)10-3-8(14)4-16-11(10)18-12;1-5(2,3)4/h3-4,6-7,9,15H,5H2,1-2H3;(H2,1,2,3,4). The lowest BCUT2D eigenvalue weighted by atomic mass is 9.98. The smallest absolute Gasteiger partial charge is 0.347 e. The van der Waals surface area contributed by atoms with Gasteiger partial charge in [0.05, 0.1) is 5.52 Å². The molecule has 11 nitrogen and oxygen atoms in total. The SMILES string of the molecule is CNC1CN(c2nc3ncc(Br)cc3n3cnnc23)C1C.O=S(=O)(O)O. The number of aromatic nitrogens is 5. The van der Waals surface area contributed by atoms with Crippen molar-refractivity contribution in [2.75, 3.05) is 18.5 Å². The lowest BCUT2D eigenvalue weighted by Gasteiger charge is -2.46. The van der Waals surface area contributed by atoms with E-state index in [4.69, 9.17) is 22.5 Å². The lowest BCUT2D eigenvalue weighted by molar-refractivity contribution is 0.352. The third-order valence-electron chi connectivity index (χ3n) is 4.14. The van der Waals surface area contributed by atoms with Crippen LogP contribution < -0.4 is 10.2 Å². The fraction of sp³-hybridized carbons (Fsp3) is 0.385. The van der Waals surface area contributed by atoms with Crippen LogP contribution in [0.15, 0.2) is 23.1 Å². The number of nitrogens with zero attached hydrogens (tertiary/aromatic N) is 6. The Bertz CT molecular complexity index is 1050. The zero-order chi connectivity index (χ0) is 19.1. The van der Waals surface area contributed by atoms with Crippen LogP contribution in [0.3, 0.4) is 0 Å². The van der Waals surface area contributed by atoms with E-state index < -0.39 is 10.4 Å². The van der Waals surface area contributed by atoms with E-state index in [2.05, 4.69) is 48.3 Å². The Morgan fingerprint density at radius 3 is 2.69 bits per heavy atom. The first-order chi connectivity index (χ1) is 12.2. The van der Waals surface area contributed by atoms with Crippen molar-refractivity contribution in [2.45, 2.75) is 19.0 Å². The third-order valence-corrected chi connectivity index (χ3v) is 4.58. The Morgan fingerprint density at radius 2 is 2.08 bits per heavy atom. The van der Waals surface area contributed by atoms with E-state index in [1.54, 1.807) is 12.5 Å². The molecule has 0 radical (unpaired) electrons. The van der Waals surface area contributed by atoms with Crippen LogP contribution in [0.25, 0.3) is 16.8 Å². The van der Waals surface area contributed by atoms with Gasteiger partial charge in [-0.05, 0) is 36.0 Å². The second kappa shape index (κ2) is 7.00. The van der Waals surface area contributed by atoms with Crippen molar-refractivity contribution in [3.05, 3.63) is 23.1 Å². The lowest BCUT2D eigenvalue weighted by Crippen LogP contribution is -2.64. The molecule has 3 aromatic heterocycles. The van der Waals surface area contributed by atoms with Crippen LogP contribution in [0, 0.1) is 0 Å². The minimum absolute atomic E-state index is 0.371. The van der Waals surface area contributed by atoms with Gasteiger partial charge in [0, 0.05) is 29.3 Å². The number of pyridine rings is 1. The predicted octanol–water partition coefficient (Wildman–Crippen LogP) is 0.579. The average molecular weight is 446 g/mol.